The highest BCUT2D eigenvalue weighted by Gasteiger charge is 2.45. The topological polar surface area (TPSA) is 48.0 Å². The van der Waals surface area contributed by atoms with E-state index in [1.807, 2.05) is 17.9 Å². The molecule has 4 aliphatic rings. The fourth-order valence-corrected chi connectivity index (χ4v) is 5.89. The minimum absolute atomic E-state index is 0.106. The summed E-state index contributed by atoms with van der Waals surface area (Å²) >= 11 is 0. The molecule has 1 amide bonds. The van der Waals surface area contributed by atoms with Crippen molar-refractivity contribution in [1.29, 1.82) is 0 Å². The van der Waals surface area contributed by atoms with Crippen molar-refractivity contribution in [3.63, 3.8) is 0 Å². The van der Waals surface area contributed by atoms with E-state index >= 15 is 0 Å². The van der Waals surface area contributed by atoms with Crippen molar-refractivity contribution in [3.8, 4) is 0 Å². The van der Waals surface area contributed by atoms with Gasteiger partial charge in [0.15, 0.2) is 0 Å². The number of nitrogens with zero attached hydrogens (tertiary/aromatic N) is 1. The third-order valence-electron chi connectivity index (χ3n) is 7.59. The zero-order valence-corrected chi connectivity index (χ0v) is 20.2. The fourth-order valence-electron chi connectivity index (χ4n) is 5.89. The number of piperidine rings is 1. The van der Waals surface area contributed by atoms with E-state index in [2.05, 4.69) is 26.0 Å². The average molecular weight is 444 g/mol. The van der Waals surface area contributed by atoms with Crippen LogP contribution >= 0.6 is 0 Å². The Morgan fingerprint density at radius 3 is 2.72 bits per heavy atom. The highest BCUT2D eigenvalue weighted by atomic mass is 16.5. The summed E-state index contributed by atoms with van der Waals surface area (Å²) in [5.74, 6) is 1.22. The molecule has 178 valence electrons. The Morgan fingerprint density at radius 2 is 2.03 bits per heavy atom. The normalized spacial score (nSPS) is 30.4. The molecule has 0 bridgehead atoms. The molecule has 0 saturated carbocycles. The molecule has 2 heterocycles. The second-order valence-corrected chi connectivity index (χ2v) is 9.87. The van der Waals surface area contributed by atoms with Crippen LogP contribution in [-0.2, 0) is 19.0 Å². The Balaban J connectivity index is 1.46. The molecule has 0 aromatic heterocycles. The summed E-state index contributed by atoms with van der Waals surface area (Å²) in [5.41, 5.74) is 2.04. The predicted molar refractivity (Wildman–Crippen MR) is 126 cm³/mol. The zero-order valence-electron chi connectivity index (χ0n) is 20.2. The number of hydrogen-bond donors (Lipinski definition) is 0. The third-order valence-corrected chi connectivity index (χ3v) is 7.59. The molecule has 0 aromatic carbocycles. The summed E-state index contributed by atoms with van der Waals surface area (Å²) in [5, 5.41) is 0. The third kappa shape index (κ3) is 5.14. The number of allylic oxidation sites excluding steroid dienone is 3. The maximum atomic E-state index is 13.4. The minimum atomic E-state index is -0.176. The second kappa shape index (κ2) is 10.6. The van der Waals surface area contributed by atoms with E-state index in [4.69, 9.17) is 14.2 Å². The maximum Gasteiger partial charge on any atom is 0.257 e. The highest BCUT2D eigenvalue weighted by Crippen LogP contribution is 2.42. The molecular formula is C27H41NO4. The van der Waals surface area contributed by atoms with Crippen LogP contribution in [-0.4, -0.2) is 54.9 Å². The number of ether oxygens (including phenoxy) is 3. The van der Waals surface area contributed by atoms with Crippen molar-refractivity contribution < 1.29 is 19.0 Å². The number of hydrogen-bond acceptors (Lipinski definition) is 4. The number of rotatable bonds is 6. The number of carbonyl (C=O) groups is 1. The molecule has 3 atom stereocenters. The first-order valence-corrected chi connectivity index (χ1v) is 12.9. The van der Waals surface area contributed by atoms with Crippen LogP contribution in [0.2, 0.25) is 0 Å². The Bertz CT molecular complexity index is 760. The van der Waals surface area contributed by atoms with E-state index in [1.54, 1.807) is 0 Å². The van der Waals surface area contributed by atoms with Crippen LogP contribution < -0.4 is 0 Å². The molecular weight excluding hydrogens is 402 g/mol. The number of carbonyl (C=O) groups excluding carboxylic acids is 1. The van der Waals surface area contributed by atoms with Gasteiger partial charge in [-0.05, 0) is 64.4 Å². The standard InChI is InChI=1S/C27H41NO4/c1-4-30-22-18-24(21-11-7-6-8-12-21)32-27(19-22)14-16-28(17-15-27)26(29)23-13-9-10-20(3)25(23)31-5-2/h9,11,13,20,22,24H,4-8,10,12,14-19H2,1-3H3. The first kappa shape index (κ1) is 23.6. The molecule has 1 spiro atoms. The van der Waals surface area contributed by atoms with E-state index in [1.165, 1.54) is 24.8 Å². The summed E-state index contributed by atoms with van der Waals surface area (Å²) in [7, 11) is 0. The van der Waals surface area contributed by atoms with Crippen LogP contribution in [0.1, 0.15) is 78.6 Å². The summed E-state index contributed by atoms with van der Waals surface area (Å²) in [4.78, 5) is 15.4. The largest absolute Gasteiger partial charge is 0.497 e. The van der Waals surface area contributed by atoms with Crippen LogP contribution in [0.3, 0.4) is 0 Å². The van der Waals surface area contributed by atoms with Crippen molar-refractivity contribution in [2.24, 2.45) is 5.92 Å². The molecule has 2 aliphatic carbocycles. The Morgan fingerprint density at radius 1 is 1.22 bits per heavy atom. The monoisotopic (exact) mass is 443 g/mol. The van der Waals surface area contributed by atoms with Gasteiger partial charge in [-0.25, -0.2) is 0 Å². The van der Waals surface area contributed by atoms with Gasteiger partial charge in [-0.2, -0.15) is 0 Å². The van der Waals surface area contributed by atoms with E-state index in [0.717, 1.165) is 69.6 Å². The van der Waals surface area contributed by atoms with E-state index in [0.29, 0.717) is 6.61 Å². The van der Waals surface area contributed by atoms with Crippen LogP contribution in [0, 0.1) is 5.92 Å². The molecule has 2 aliphatic heterocycles. The van der Waals surface area contributed by atoms with Crippen molar-refractivity contribution in [3.05, 3.63) is 35.1 Å². The van der Waals surface area contributed by atoms with Gasteiger partial charge in [-0.3, -0.25) is 4.79 Å². The summed E-state index contributed by atoms with van der Waals surface area (Å²) < 4.78 is 18.9. The second-order valence-electron chi connectivity index (χ2n) is 9.87. The molecule has 4 rings (SSSR count). The molecule has 5 nitrogen and oxygen atoms in total. The van der Waals surface area contributed by atoms with Crippen LogP contribution in [0.5, 0.6) is 0 Å². The van der Waals surface area contributed by atoms with E-state index in [-0.39, 0.29) is 29.6 Å². The lowest BCUT2D eigenvalue weighted by Gasteiger charge is -2.49. The van der Waals surface area contributed by atoms with Crippen molar-refractivity contribution in [1.82, 2.24) is 4.90 Å². The lowest BCUT2D eigenvalue weighted by Crippen LogP contribution is -2.54. The summed E-state index contributed by atoms with van der Waals surface area (Å²) in [6, 6.07) is 0. The quantitative estimate of drug-likeness (QED) is 0.522. The van der Waals surface area contributed by atoms with Crippen molar-refractivity contribution in [2.75, 3.05) is 26.3 Å². The molecule has 2 saturated heterocycles. The molecule has 32 heavy (non-hydrogen) atoms. The Hall–Kier alpha value is -1.59. The smallest absolute Gasteiger partial charge is 0.257 e. The minimum Gasteiger partial charge on any atom is -0.497 e. The van der Waals surface area contributed by atoms with Gasteiger partial charge in [0.1, 0.15) is 5.76 Å². The van der Waals surface area contributed by atoms with Crippen molar-refractivity contribution in [2.45, 2.75) is 96.4 Å². The molecule has 0 N–H and O–H groups in total. The van der Waals surface area contributed by atoms with Gasteiger partial charge in [0.2, 0.25) is 0 Å². The molecule has 2 fully saturated rings. The van der Waals surface area contributed by atoms with Gasteiger partial charge in [0.25, 0.3) is 5.91 Å². The number of likely N-dealkylation sites (tertiary alicyclic amines) is 1. The van der Waals surface area contributed by atoms with Gasteiger partial charge >= 0.3 is 0 Å². The maximum absolute atomic E-state index is 13.4. The van der Waals surface area contributed by atoms with Crippen LogP contribution in [0.25, 0.3) is 0 Å². The van der Waals surface area contributed by atoms with Gasteiger partial charge in [-0.1, -0.05) is 25.2 Å². The molecule has 0 radical (unpaired) electrons. The van der Waals surface area contributed by atoms with Gasteiger partial charge < -0.3 is 19.1 Å². The SMILES string of the molecule is CCOC1=C(C(=O)N2CCC3(CC2)CC(OCC)CC(C2=CCCCC2)O3)C=CCC1C. The molecule has 0 aromatic rings. The summed E-state index contributed by atoms with van der Waals surface area (Å²) in [6.45, 7) is 9.01. The van der Waals surface area contributed by atoms with Gasteiger partial charge in [-0.15, -0.1) is 0 Å². The lowest BCUT2D eigenvalue weighted by molar-refractivity contribution is -0.182. The lowest BCUT2D eigenvalue weighted by atomic mass is 9.79. The first-order valence-electron chi connectivity index (χ1n) is 12.9. The number of amides is 1. The van der Waals surface area contributed by atoms with Crippen LogP contribution in [0.15, 0.2) is 35.1 Å². The van der Waals surface area contributed by atoms with Crippen molar-refractivity contribution >= 4 is 5.91 Å². The highest BCUT2D eigenvalue weighted by molar-refractivity contribution is 5.97. The van der Waals surface area contributed by atoms with E-state index < -0.39 is 0 Å². The Labute approximate surface area is 193 Å². The van der Waals surface area contributed by atoms with E-state index in [9.17, 15) is 4.79 Å². The van der Waals surface area contributed by atoms with Gasteiger partial charge in [0.05, 0.1) is 30.0 Å². The zero-order chi connectivity index (χ0) is 22.6. The molecule has 3 unspecified atom stereocenters. The van der Waals surface area contributed by atoms with Crippen LogP contribution in [0.4, 0.5) is 0 Å². The average Bonchev–Trinajstić information content (AvgIpc) is 2.81. The Kier molecular flexibility index (Phi) is 7.78. The predicted octanol–water partition coefficient (Wildman–Crippen LogP) is 5.32. The first-order chi connectivity index (χ1) is 15.5. The summed E-state index contributed by atoms with van der Waals surface area (Å²) in [6.07, 6.45) is 16.4. The molecule has 5 heteroatoms. The van der Waals surface area contributed by atoms with Gasteiger partial charge in [0, 0.05) is 38.5 Å². The fraction of sp³-hybridized carbons (Fsp3) is 0.741.